The van der Waals surface area contributed by atoms with E-state index in [1.807, 2.05) is 30.3 Å². The monoisotopic (exact) mass is 556 g/mol. The highest BCUT2D eigenvalue weighted by atomic mass is 127. The van der Waals surface area contributed by atoms with Crippen LogP contribution in [0.25, 0.3) is 16.6 Å². The number of nitrogens with zero attached hydrogens (tertiary/aromatic N) is 5. The summed E-state index contributed by atoms with van der Waals surface area (Å²) in [6, 6.07) is 9.65. The van der Waals surface area contributed by atoms with Crippen molar-refractivity contribution in [3.63, 3.8) is 0 Å². The van der Waals surface area contributed by atoms with Crippen LogP contribution in [0.3, 0.4) is 0 Å². The van der Waals surface area contributed by atoms with E-state index in [-0.39, 0.29) is 12.0 Å². The zero-order chi connectivity index (χ0) is 22.4. The third kappa shape index (κ3) is 4.07. The molecule has 3 aromatic heterocycles. The molecule has 0 saturated heterocycles. The van der Waals surface area contributed by atoms with Crippen molar-refractivity contribution in [2.75, 3.05) is 9.74 Å². The number of anilines is 1. The summed E-state index contributed by atoms with van der Waals surface area (Å²) >= 11 is 2.50. The number of nitrogens with one attached hydrogen (secondary N) is 1. The Morgan fingerprint density at radius 2 is 2.00 bits per heavy atom. The molecule has 9 heteroatoms. The van der Waals surface area contributed by atoms with Gasteiger partial charge in [0.25, 0.3) is 5.91 Å². The van der Waals surface area contributed by atoms with E-state index < -0.39 is 0 Å². The van der Waals surface area contributed by atoms with Gasteiger partial charge in [-0.05, 0) is 74.8 Å². The number of ether oxygens (including phenoxy) is 1. The van der Waals surface area contributed by atoms with Gasteiger partial charge in [0.2, 0.25) is 5.88 Å². The maximum atomic E-state index is 13.1. The molecule has 1 aromatic carbocycles. The Morgan fingerprint density at radius 1 is 1.15 bits per heavy atom. The molecule has 0 aliphatic heterocycles. The zero-order valence-corrected chi connectivity index (χ0v) is 20.3. The smallest absolute Gasteiger partial charge is 0.256 e. The first-order valence-electron chi connectivity index (χ1n) is 11.5. The molecule has 1 N–H and O–H groups in total. The number of carbonyl (C=O) groups is 1. The first-order valence-corrected chi connectivity index (χ1v) is 13.1. The van der Waals surface area contributed by atoms with Gasteiger partial charge in [0.1, 0.15) is 6.10 Å². The van der Waals surface area contributed by atoms with Gasteiger partial charge in [0.15, 0.2) is 11.5 Å². The number of aromatic nitrogens is 5. The highest BCUT2D eigenvalue weighted by Gasteiger charge is 2.30. The largest absolute Gasteiger partial charge is 0.474 e. The quantitative estimate of drug-likeness (QED) is 0.266. The van der Waals surface area contributed by atoms with E-state index in [0.29, 0.717) is 23.1 Å². The van der Waals surface area contributed by atoms with Gasteiger partial charge in [-0.2, -0.15) is 14.7 Å². The number of benzene rings is 1. The van der Waals surface area contributed by atoms with E-state index in [1.54, 1.807) is 16.9 Å². The fraction of sp³-hybridized carbons (Fsp3) is 0.417. The summed E-state index contributed by atoms with van der Waals surface area (Å²) in [7, 11) is 0. The lowest BCUT2D eigenvalue weighted by Crippen LogP contribution is -2.20. The predicted octanol–water partition coefficient (Wildman–Crippen LogP) is 5.04. The molecular weight excluding hydrogens is 531 g/mol. The van der Waals surface area contributed by atoms with Crippen LogP contribution in [0.4, 0.5) is 5.82 Å². The molecule has 2 aliphatic rings. The third-order valence-corrected chi connectivity index (χ3v) is 7.86. The maximum Gasteiger partial charge on any atom is 0.256 e. The van der Waals surface area contributed by atoms with E-state index in [4.69, 9.17) is 9.84 Å². The maximum absolute atomic E-state index is 13.1. The van der Waals surface area contributed by atoms with Crippen molar-refractivity contribution >= 4 is 50.9 Å². The van der Waals surface area contributed by atoms with E-state index in [1.165, 1.54) is 17.3 Å². The standard InChI is InChI=1S/C24H25IN6O2/c25-13-15-3-6-17(7-4-15)30-24(33-18-8-9-18)19-12-16(5-10-20(19)29-30)23(32)28-22-14-26-21-2-1-11-27-31(21)22/h1-2,5,10-12,14-15,17-18H,3-4,6-9,13H2,(H,28,32). The van der Waals surface area contributed by atoms with E-state index in [2.05, 4.69) is 42.7 Å². The molecule has 1 amide bonds. The van der Waals surface area contributed by atoms with Crippen LogP contribution >= 0.6 is 22.6 Å². The average Bonchev–Trinajstić information content (AvgIpc) is 3.49. The van der Waals surface area contributed by atoms with Crippen molar-refractivity contribution in [3.05, 3.63) is 48.3 Å². The van der Waals surface area contributed by atoms with Crippen molar-refractivity contribution < 1.29 is 9.53 Å². The summed E-state index contributed by atoms with van der Waals surface area (Å²) in [5, 5.41) is 13.0. The van der Waals surface area contributed by atoms with Crippen molar-refractivity contribution in [1.82, 2.24) is 24.4 Å². The van der Waals surface area contributed by atoms with Gasteiger partial charge in [-0.15, -0.1) is 0 Å². The summed E-state index contributed by atoms with van der Waals surface area (Å²) in [6.07, 6.45) is 10.4. The first-order chi connectivity index (χ1) is 16.2. The number of alkyl halides is 1. The number of amides is 1. The highest BCUT2D eigenvalue weighted by Crippen LogP contribution is 2.40. The Morgan fingerprint density at radius 3 is 2.79 bits per heavy atom. The van der Waals surface area contributed by atoms with Gasteiger partial charge in [-0.3, -0.25) is 4.79 Å². The second-order valence-corrected chi connectivity index (χ2v) is 9.90. The van der Waals surface area contributed by atoms with Crippen LogP contribution < -0.4 is 10.1 Å². The molecule has 0 unspecified atom stereocenters. The zero-order valence-electron chi connectivity index (χ0n) is 18.2. The average molecular weight is 556 g/mol. The topological polar surface area (TPSA) is 86.3 Å². The van der Waals surface area contributed by atoms with Crippen molar-refractivity contribution in [1.29, 1.82) is 0 Å². The molecule has 4 aromatic rings. The van der Waals surface area contributed by atoms with Gasteiger partial charge in [-0.25, -0.2) is 9.67 Å². The lowest BCUT2D eigenvalue weighted by Gasteiger charge is -2.28. The van der Waals surface area contributed by atoms with Crippen LogP contribution in [0.5, 0.6) is 5.88 Å². The molecule has 8 nitrogen and oxygen atoms in total. The van der Waals surface area contributed by atoms with E-state index in [0.717, 1.165) is 48.4 Å². The van der Waals surface area contributed by atoms with Crippen LogP contribution in [0, 0.1) is 5.92 Å². The molecular formula is C24H25IN6O2. The Kier molecular flexibility index (Phi) is 5.43. The van der Waals surface area contributed by atoms with Crippen molar-refractivity contribution in [3.8, 4) is 5.88 Å². The molecule has 2 fully saturated rings. The lowest BCUT2D eigenvalue weighted by molar-refractivity contribution is 0.102. The molecule has 0 atom stereocenters. The fourth-order valence-corrected chi connectivity index (χ4v) is 5.46. The van der Waals surface area contributed by atoms with Gasteiger partial charge < -0.3 is 10.1 Å². The summed E-state index contributed by atoms with van der Waals surface area (Å²) in [6.45, 7) is 0. The van der Waals surface area contributed by atoms with Crippen LogP contribution in [-0.4, -0.2) is 40.8 Å². The minimum atomic E-state index is -0.211. The van der Waals surface area contributed by atoms with E-state index in [9.17, 15) is 4.79 Å². The molecule has 33 heavy (non-hydrogen) atoms. The minimum Gasteiger partial charge on any atom is -0.474 e. The van der Waals surface area contributed by atoms with Crippen LogP contribution in [-0.2, 0) is 0 Å². The van der Waals surface area contributed by atoms with Gasteiger partial charge in [0.05, 0.1) is 23.1 Å². The number of imidazole rings is 1. The second kappa shape index (κ2) is 8.58. The number of rotatable bonds is 6. The summed E-state index contributed by atoms with van der Waals surface area (Å²) in [5.74, 6) is 1.95. The molecule has 2 saturated carbocycles. The van der Waals surface area contributed by atoms with E-state index >= 15 is 0 Å². The fourth-order valence-electron chi connectivity index (χ4n) is 4.58. The summed E-state index contributed by atoms with van der Waals surface area (Å²) < 4.78 is 11.3. The molecule has 3 heterocycles. The molecule has 0 spiro atoms. The molecule has 2 aliphatic carbocycles. The number of hydrogen-bond donors (Lipinski definition) is 1. The number of carbonyl (C=O) groups excluding carboxylic acids is 1. The SMILES string of the molecule is O=C(Nc1cnc2cccnn12)c1ccc2nn(C3CCC(CI)CC3)c(OC3CC3)c2c1. The first kappa shape index (κ1) is 20.9. The molecule has 0 bridgehead atoms. The van der Waals surface area contributed by atoms with Gasteiger partial charge in [0, 0.05) is 16.2 Å². The Balaban J connectivity index is 1.32. The number of halogens is 1. The predicted molar refractivity (Wildman–Crippen MR) is 134 cm³/mol. The van der Waals surface area contributed by atoms with Gasteiger partial charge in [-0.1, -0.05) is 22.6 Å². The minimum absolute atomic E-state index is 0.211. The lowest BCUT2D eigenvalue weighted by atomic mass is 9.87. The molecule has 170 valence electrons. The Hall–Kier alpha value is -2.69. The van der Waals surface area contributed by atoms with Crippen LogP contribution in [0.15, 0.2) is 42.7 Å². The summed E-state index contributed by atoms with van der Waals surface area (Å²) in [5.41, 5.74) is 2.11. The molecule has 6 rings (SSSR count). The third-order valence-electron chi connectivity index (χ3n) is 6.62. The normalized spacial score (nSPS) is 20.9. The summed E-state index contributed by atoms with van der Waals surface area (Å²) in [4.78, 5) is 17.4. The van der Waals surface area contributed by atoms with Crippen molar-refractivity contribution in [2.45, 2.75) is 50.7 Å². The van der Waals surface area contributed by atoms with Gasteiger partial charge >= 0.3 is 0 Å². The number of fused-ring (bicyclic) bond motifs is 2. The highest BCUT2D eigenvalue weighted by molar-refractivity contribution is 14.1. The molecule has 0 radical (unpaired) electrons. The Bertz CT molecular complexity index is 1320. The van der Waals surface area contributed by atoms with Crippen LogP contribution in [0.2, 0.25) is 0 Å². The van der Waals surface area contributed by atoms with Crippen molar-refractivity contribution in [2.24, 2.45) is 5.92 Å². The second-order valence-electron chi connectivity index (χ2n) is 9.02. The Labute approximate surface area is 204 Å². The van der Waals surface area contributed by atoms with Crippen LogP contribution in [0.1, 0.15) is 54.9 Å². The number of hydrogen-bond acceptors (Lipinski definition) is 5.